The zero-order valence-electron chi connectivity index (χ0n) is 24.5. The van der Waals surface area contributed by atoms with Gasteiger partial charge in [-0.05, 0) is 60.5 Å². The highest BCUT2D eigenvalue weighted by Crippen LogP contribution is 2.32. The number of methoxy groups -OCH3 is 2. The number of amides is 2. The first-order valence-electron chi connectivity index (χ1n) is 14.0. The van der Waals surface area contributed by atoms with E-state index in [2.05, 4.69) is 15.1 Å². The van der Waals surface area contributed by atoms with E-state index in [9.17, 15) is 14.0 Å². The molecule has 9 nitrogen and oxygen atoms in total. The van der Waals surface area contributed by atoms with E-state index in [-0.39, 0.29) is 30.7 Å². The summed E-state index contributed by atoms with van der Waals surface area (Å²) in [6, 6.07) is 22.6. The van der Waals surface area contributed by atoms with Crippen LogP contribution in [0.15, 0.2) is 78.9 Å². The molecule has 0 N–H and O–H groups in total. The van der Waals surface area contributed by atoms with Crippen LogP contribution in [0.5, 0.6) is 11.5 Å². The predicted molar refractivity (Wildman–Crippen MR) is 162 cm³/mol. The van der Waals surface area contributed by atoms with Gasteiger partial charge in [-0.2, -0.15) is 0 Å². The number of anilines is 1. The molecular formula is C33H34FN5O4. The maximum Gasteiger partial charge on any atom is 0.254 e. The third kappa shape index (κ3) is 6.91. The van der Waals surface area contributed by atoms with Crippen molar-refractivity contribution in [1.82, 2.24) is 20.0 Å². The van der Waals surface area contributed by atoms with Crippen molar-refractivity contribution in [2.45, 2.75) is 13.5 Å². The number of hydrogen-bond donors (Lipinski definition) is 0. The van der Waals surface area contributed by atoms with Gasteiger partial charge in [0.1, 0.15) is 23.9 Å². The molecule has 0 radical (unpaired) electrons. The lowest BCUT2D eigenvalue weighted by atomic mass is 10.1. The van der Waals surface area contributed by atoms with Gasteiger partial charge in [0.2, 0.25) is 5.91 Å². The first kappa shape index (κ1) is 29.5. The molecule has 10 heteroatoms. The minimum Gasteiger partial charge on any atom is -0.497 e. The largest absolute Gasteiger partial charge is 0.497 e. The van der Waals surface area contributed by atoms with Crippen LogP contribution in [0.25, 0.3) is 11.3 Å². The molecule has 1 saturated heterocycles. The van der Waals surface area contributed by atoms with Crippen LogP contribution in [0.1, 0.15) is 21.5 Å². The average molecular weight is 584 g/mol. The van der Waals surface area contributed by atoms with Gasteiger partial charge in [0.05, 0.1) is 19.9 Å². The zero-order chi connectivity index (χ0) is 30.3. The van der Waals surface area contributed by atoms with Crippen LogP contribution < -0.4 is 14.4 Å². The van der Waals surface area contributed by atoms with Crippen LogP contribution in [0, 0.1) is 12.7 Å². The molecule has 1 aliphatic heterocycles. The number of rotatable bonds is 9. The molecule has 43 heavy (non-hydrogen) atoms. The number of benzene rings is 3. The van der Waals surface area contributed by atoms with Crippen molar-refractivity contribution in [1.29, 1.82) is 0 Å². The number of hydrogen-bond acceptors (Lipinski definition) is 7. The number of halogens is 1. The first-order chi connectivity index (χ1) is 20.9. The van der Waals surface area contributed by atoms with E-state index in [1.807, 2.05) is 43.3 Å². The number of piperazine rings is 1. The second-order valence-corrected chi connectivity index (χ2v) is 10.3. The van der Waals surface area contributed by atoms with Crippen molar-refractivity contribution in [2.24, 2.45) is 0 Å². The Labute approximate surface area is 250 Å². The Hall–Kier alpha value is -4.99. The van der Waals surface area contributed by atoms with Gasteiger partial charge in [-0.1, -0.05) is 30.3 Å². The third-order valence-corrected chi connectivity index (χ3v) is 7.57. The van der Waals surface area contributed by atoms with Crippen LogP contribution in [0.2, 0.25) is 0 Å². The molecule has 4 aromatic rings. The molecule has 2 amide bonds. The number of ether oxygens (including phenoxy) is 2. The Morgan fingerprint density at radius 1 is 0.884 bits per heavy atom. The van der Waals surface area contributed by atoms with Crippen LogP contribution in [-0.2, 0) is 11.3 Å². The summed E-state index contributed by atoms with van der Waals surface area (Å²) in [4.78, 5) is 32.3. The van der Waals surface area contributed by atoms with Gasteiger partial charge in [-0.15, -0.1) is 10.2 Å². The van der Waals surface area contributed by atoms with Crippen molar-refractivity contribution < 1.29 is 23.5 Å². The molecule has 3 aromatic carbocycles. The summed E-state index contributed by atoms with van der Waals surface area (Å²) in [7, 11) is 3.20. The van der Waals surface area contributed by atoms with Gasteiger partial charge in [-0.25, -0.2) is 4.39 Å². The van der Waals surface area contributed by atoms with E-state index < -0.39 is 0 Å². The Balaban J connectivity index is 1.24. The van der Waals surface area contributed by atoms with E-state index in [4.69, 9.17) is 9.47 Å². The molecule has 1 fully saturated rings. The maximum atomic E-state index is 13.5. The second kappa shape index (κ2) is 13.3. The molecule has 0 aliphatic carbocycles. The van der Waals surface area contributed by atoms with Crippen LogP contribution >= 0.6 is 0 Å². The van der Waals surface area contributed by atoms with E-state index in [1.54, 1.807) is 49.5 Å². The van der Waals surface area contributed by atoms with Gasteiger partial charge >= 0.3 is 0 Å². The molecule has 0 bridgehead atoms. The molecule has 5 rings (SSSR count). The Morgan fingerprint density at radius 3 is 2.28 bits per heavy atom. The fraction of sp³-hybridized carbons (Fsp3) is 0.273. The first-order valence-corrected chi connectivity index (χ1v) is 14.0. The summed E-state index contributed by atoms with van der Waals surface area (Å²) in [6.45, 7) is 4.11. The highest BCUT2D eigenvalue weighted by Gasteiger charge is 2.27. The molecule has 0 atom stereocenters. The highest BCUT2D eigenvalue weighted by atomic mass is 19.1. The van der Waals surface area contributed by atoms with E-state index in [0.29, 0.717) is 48.9 Å². The normalized spacial score (nSPS) is 13.0. The second-order valence-electron chi connectivity index (χ2n) is 10.3. The molecular weight excluding hydrogens is 549 g/mol. The number of aryl methyl sites for hydroxylation is 1. The molecule has 0 saturated carbocycles. The van der Waals surface area contributed by atoms with Crippen LogP contribution in [0.4, 0.5) is 10.2 Å². The van der Waals surface area contributed by atoms with Crippen molar-refractivity contribution in [3.05, 3.63) is 101 Å². The molecule has 222 valence electrons. The minimum atomic E-state index is -0.353. The van der Waals surface area contributed by atoms with Crippen LogP contribution in [-0.4, -0.2) is 78.8 Å². The number of carbonyl (C=O) groups excluding carboxylic acids is 2. The summed E-state index contributed by atoms with van der Waals surface area (Å²) in [5.74, 6) is 1.32. The van der Waals surface area contributed by atoms with Gasteiger partial charge in [0.25, 0.3) is 5.91 Å². The number of carbonyl (C=O) groups is 2. The highest BCUT2D eigenvalue weighted by molar-refractivity contribution is 5.97. The number of nitrogens with zero attached hydrogens (tertiary/aromatic N) is 5. The monoisotopic (exact) mass is 583 g/mol. The molecule has 1 aromatic heterocycles. The molecule has 2 heterocycles. The fourth-order valence-electron chi connectivity index (χ4n) is 5.09. The van der Waals surface area contributed by atoms with Crippen molar-refractivity contribution in [2.75, 3.05) is 51.8 Å². The SMILES string of the molecule is COc1ccc(-c2ccc(N3CCN(C(=O)CN(Cc4ccc(F)cc4)C(=O)c4ccccc4C)CC3)nn2)c(OC)c1. The smallest absolute Gasteiger partial charge is 0.254 e. The fourth-order valence-corrected chi connectivity index (χ4v) is 5.09. The summed E-state index contributed by atoms with van der Waals surface area (Å²) in [5.41, 5.74) is 3.60. The summed E-state index contributed by atoms with van der Waals surface area (Å²) in [6.07, 6.45) is 0. The quantitative estimate of drug-likeness (QED) is 0.285. The lowest BCUT2D eigenvalue weighted by Crippen LogP contribution is -2.52. The minimum absolute atomic E-state index is 0.0806. The molecule has 0 spiro atoms. The van der Waals surface area contributed by atoms with Gasteiger partial charge < -0.3 is 24.2 Å². The Bertz CT molecular complexity index is 1570. The maximum absolute atomic E-state index is 13.5. The van der Waals surface area contributed by atoms with Crippen LogP contribution in [0.3, 0.4) is 0 Å². The van der Waals surface area contributed by atoms with Crippen molar-refractivity contribution >= 4 is 17.6 Å². The van der Waals surface area contributed by atoms with Gasteiger partial charge in [-0.3, -0.25) is 9.59 Å². The van der Waals surface area contributed by atoms with Crippen molar-refractivity contribution in [3.63, 3.8) is 0 Å². The summed E-state index contributed by atoms with van der Waals surface area (Å²) < 4.78 is 24.3. The summed E-state index contributed by atoms with van der Waals surface area (Å²) in [5, 5.41) is 8.86. The molecule has 0 unspecified atom stereocenters. The topological polar surface area (TPSA) is 88.1 Å². The van der Waals surface area contributed by atoms with Crippen molar-refractivity contribution in [3.8, 4) is 22.8 Å². The average Bonchev–Trinajstić information content (AvgIpc) is 3.05. The van der Waals surface area contributed by atoms with Gasteiger partial charge in [0.15, 0.2) is 5.82 Å². The lowest BCUT2D eigenvalue weighted by Gasteiger charge is -2.36. The van der Waals surface area contributed by atoms with E-state index >= 15 is 0 Å². The lowest BCUT2D eigenvalue weighted by molar-refractivity contribution is -0.132. The molecule has 1 aliphatic rings. The Morgan fingerprint density at radius 2 is 1.63 bits per heavy atom. The van der Waals surface area contributed by atoms with E-state index in [1.165, 1.54) is 17.0 Å². The number of aromatic nitrogens is 2. The van der Waals surface area contributed by atoms with Gasteiger partial charge in [0, 0.05) is 49.9 Å². The van der Waals surface area contributed by atoms with E-state index in [0.717, 1.165) is 22.5 Å². The Kier molecular flexibility index (Phi) is 9.14. The predicted octanol–water partition coefficient (Wildman–Crippen LogP) is 4.60. The third-order valence-electron chi connectivity index (χ3n) is 7.57. The summed E-state index contributed by atoms with van der Waals surface area (Å²) >= 11 is 0. The zero-order valence-corrected chi connectivity index (χ0v) is 24.5. The standard InChI is InChI=1S/C33H34FN5O4/c1-23-6-4-5-7-27(23)33(41)39(21-24-8-10-25(34)11-9-24)22-32(40)38-18-16-37(17-19-38)31-15-14-29(35-36-31)28-13-12-26(42-2)20-30(28)43-3/h4-15,20H,16-19,21-22H2,1-3H3.